The van der Waals surface area contributed by atoms with E-state index in [0.29, 0.717) is 71.6 Å². The number of hydrogen-bond acceptors (Lipinski definition) is 14. The van der Waals surface area contributed by atoms with Gasteiger partial charge in [0.2, 0.25) is 0 Å². The summed E-state index contributed by atoms with van der Waals surface area (Å²) in [5.41, 5.74) is 1.57. The number of carbonyl (C=O) groups excluding carboxylic acids is 2. The van der Waals surface area contributed by atoms with E-state index in [9.17, 15) is 30.0 Å². The summed E-state index contributed by atoms with van der Waals surface area (Å²) in [5.74, 6) is -3.05. The average molecular weight is 1070 g/mol. The van der Waals surface area contributed by atoms with Gasteiger partial charge in [-0.25, -0.2) is 0 Å². The molecule has 0 unspecified atom stereocenters. The Morgan fingerprint density at radius 1 is 0.597 bits per heavy atom. The molecule has 2 aliphatic carbocycles. The third-order valence-corrected chi connectivity index (χ3v) is 18.8. The zero-order valence-electron chi connectivity index (χ0n) is 47.5. The zero-order valence-corrected chi connectivity index (χ0v) is 47.5. The number of allylic oxidation sites excluding steroid dienone is 8. The Balaban J connectivity index is 0.000000188. The molecule has 4 bridgehead atoms. The Labute approximate surface area is 457 Å². The first kappa shape index (κ1) is 58.1. The van der Waals surface area contributed by atoms with Crippen LogP contribution in [0.1, 0.15) is 153 Å². The van der Waals surface area contributed by atoms with Gasteiger partial charge in [0.15, 0.2) is 11.6 Å². The van der Waals surface area contributed by atoms with E-state index in [0.717, 1.165) is 57.8 Å². The third-order valence-electron chi connectivity index (χ3n) is 18.8. The van der Waals surface area contributed by atoms with E-state index < -0.39 is 83.2 Å². The molecule has 14 nitrogen and oxygen atoms in total. The molecule has 10 aliphatic rings. The molecule has 8 heterocycles. The third kappa shape index (κ3) is 12.1. The van der Waals surface area contributed by atoms with Crippen molar-refractivity contribution < 1.29 is 67.9 Å². The SMILES string of the molecule is CC1=C[C@H]2C(=O)O[C@H]3C[C@@H](C/C=C(/C)C[C@@H](C)/C=C\C=C4CO[C@H]([C@@H]1O)[C@@]42O)O[C@@]1(CC[C@H](C)[C@@H](C)O1)C3.CC[C@H]1O[C@]2(CC[C@@H]1C)C[C@@H]1C[C@@H](C/C=C(/C)C[C@@H](C)/C=C\C=C3CO[C@@H]4[C@H](O)C(C)=C[C@@H](C(=O)O1)[C@]34O)O2. The fraction of sp³-hybridized carbons (Fsp3) is 0.714. The summed E-state index contributed by atoms with van der Waals surface area (Å²) in [7, 11) is 0. The van der Waals surface area contributed by atoms with Gasteiger partial charge in [-0.2, -0.15) is 0 Å². The minimum absolute atomic E-state index is 0.0526. The molecule has 426 valence electrons. The van der Waals surface area contributed by atoms with Crippen LogP contribution in [0.3, 0.4) is 0 Å². The highest BCUT2D eigenvalue weighted by Crippen LogP contribution is 2.50. The van der Waals surface area contributed by atoms with Crippen molar-refractivity contribution in [3.63, 3.8) is 0 Å². The van der Waals surface area contributed by atoms with E-state index in [2.05, 4.69) is 79.7 Å². The summed E-state index contributed by atoms with van der Waals surface area (Å²) < 4.78 is 50.6. The first-order chi connectivity index (χ1) is 36.5. The van der Waals surface area contributed by atoms with Gasteiger partial charge in [-0.15, -0.1) is 0 Å². The highest BCUT2D eigenvalue weighted by Gasteiger charge is 2.62. The van der Waals surface area contributed by atoms with Gasteiger partial charge in [0.05, 0.1) is 37.6 Å². The highest BCUT2D eigenvalue weighted by atomic mass is 16.7. The number of aliphatic hydroxyl groups excluding tert-OH is 2. The van der Waals surface area contributed by atoms with Crippen LogP contribution in [-0.4, -0.2) is 129 Å². The molecule has 10 rings (SSSR count). The number of fused-ring (bicyclic) bond motifs is 4. The Hall–Kier alpha value is -3.54. The Morgan fingerprint density at radius 2 is 1.04 bits per heavy atom. The summed E-state index contributed by atoms with van der Waals surface area (Å²) in [4.78, 5) is 27.7. The van der Waals surface area contributed by atoms with Crippen molar-refractivity contribution in [3.05, 3.63) is 94.2 Å². The molecule has 6 saturated heterocycles. The van der Waals surface area contributed by atoms with Gasteiger partial charge in [-0.3, -0.25) is 9.59 Å². The fourth-order valence-electron chi connectivity index (χ4n) is 14.1. The number of aliphatic hydroxyl groups is 4. The second-order valence-corrected chi connectivity index (χ2v) is 25.1. The van der Waals surface area contributed by atoms with Crippen LogP contribution in [0.15, 0.2) is 94.2 Å². The van der Waals surface area contributed by atoms with Gasteiger partial charge in [-0.05, 0) is 126 Å². The smallest absolute Gasteiger partial charge is 0.316 e. The molecule has 20 atom stereocenters. The fourth-order valence-corrected chi connectivity index (χ4v) is 14.1. The second kappa shape index (κ2) is 23.5. The second-order valence-electron chi connectivity index (χ2n) is 25.1. The molecule has 0 saturated carbocycles. The van der Waals surface area contributed by atoms with Gasteiger partial charge in [0.1, 0.15) is 59.7 Å². The van der Waals surface area contributed by atoms with Crippen molar-refractivity contribution in [1.29, 1.82) is 0 Å². The summed E-state index contributed by atoms with van der Waals surface area (Å²) in [5, 5.41) is 45.7. The number of esters is 2. The van der Waals surface area contributed by atoms with Crippen LogP contribution < -0.4 is 0 Å². The van der Waals surface area contributed by atoms with Crippen molar-refractivity contribution in [1.82, 2.24) is 0 Å². The van der Waals surface area contributed by atoms with Crippen molar-refractivity contribution in [2.45, 2.75) is 237 Å². The van der Waals surface area contributed by atoms with E-state index >= 15 is 0 Å². The molecule has 0 aromatic carbocycles. The van der Waals surface area contributed by atoms with Gasteiger partial charge >= 0.3 is 11.9 Å². The van der Waals surface area contributed by atoms with E-state index in [-0.39, 0.29) is 37.6 Å². The predicted molar refractivity (Wildman–Crippen MR) is 291 cm³/mol. The first-order valence-corrected chi connectivity index (χ1v) is 29.1. The van der Waals surface area contributed by atoms with E-state index in [1.165, 1.54) is 11.1 Å². The predicted octanol–water partition coefficient (Wildman–Crippen LogP) is 9.46. The molecular formula is C63H90O14. The van der Waals surface area contributed by atoms with E-state index in [1.807, 2.05) is 24.3 Å². The number of rotatable bonds is 1. The van der Waals surface area contributed by atoms with Crippen LogP contribution in [0.4, 0.5) is 0 Å². The molecule has 14 heteroatoms. The number of hydrogen-bond donors (Lipinski definition) is 4. The monoisotopic (exact) mass is 1070 g/mol. The van der Waals surface area contributed by atoms with Gasteiger partial charge in [-0.1, -0.05) is 107 Å². The lowest BCUT2D eigenvalue weighted by Gasteiger charge is -2.50. The summed E-state index contributed by atoms with van der Waals surface area (Å²) in [6, 6.07) is 0. The maximum Gasteiger partial charge on any atom is 0.316 e. The Kier molecular flexibility index (Phi) is 17.7. The molecule has 0 radical (unpaired) electrons. The Bertz CT molecular complexity index is 2430. The molecular weight excluding hydrogens is 981 g/mol. The molecule has 6 fully saturated rings. The summed E-state index contributed by atoms with van der Waals surface area (Å²) in [6.45, 7) is 21.1. The Morgan fingerprint density at radius 3 is 1.48 bits per heavy atom. The van der Waals surface area contributed by atoms with Crippen LogP contribution in [0.2, 0.25) is 0 Å². The normalized spacial score (nSPS) is 47.8. The topological polar surface area (TPSA) is 189 Å². The standard InChI is InChI=1S/C32H46O7.C31H44O7/c1-6-27-21(4)12-13-31(39-27)17-25-16-24(38-31)11-10-20(3)14-19(2)8-7-9-23-18-36-29-28(33)22(5)15-26(30(34)37-25)32(23,29)35;1-18-7-6-8-23-17-35-28-27(32)21(4)14-26(31(23,28)34)29(33)36-25-15-24(10-9-19(2)13-18)38-30(16-25)12-11-20(3)22(5)37-30/h7-10,15,19,21,24-29,33,35H,6,11-14,16-18H2,1-5H3;6-9,14,18,20,22,24-28,32,34H,10-13,15-17H2,1-5H3/b8-7-,20-10-,23-9?;7-6-,19-9-,23-8?/t19-,21-,24+,25-,26-,27+,28+,29+,31+,32+;18-,20-,22+,24+,25-,26-,27+,28+,30-,31+/m00/s1. The zero-order chi connectivity index (χ0) is 55.2. The van der Waals surface area contributed by atoms with Crippen molar-refractivity contribution >= 4 is 11.9 Å². The van der Waals surface area contributed by atoms with Crippen LogP contribution >= 0.6 is 0 Å². The maximum absolute atomic E-state index is 13.9. The number of carbonyl (C=O) groups is 2. The van der Waals surface area contributed by atoms with Crippen LogP contribution in [0.5, 0.6) is 0 Å². The quantitative estimate of drug-likeness (QED) is 0.144. The van der Waals surface area contributed by atoms with Crippen LogP contribution in [0.25, 0.3) is 0 Å². The van der Waals surface area contributed by atoms with Crippen molar-refractivity contribution in [3.8, 4) is 0 Å². The minimum atomic E-state index is -1.68. The average Bonchev–Trinajstić information content (AvgIpc) is 4.10. The molecule has 0 amide bonds. The van der Waals surface area contributed by atoms with Gasteiger partial charge in [0, 0.05) is 38.5 Å². The van der Waals surface area contributed by atoms with E-state index in [4.69, 9.17) is 37.9 Å². The highest BCUT2D eigenvalue weighted by molar-refractivity contribution is 5.79. The van der Waals surface area contributed by atoms with E-state index in [1.54, 1.807) is 26.0 Å². The van der Waals surface area contributed by atoms with Crippen molar-refractivity contribution in [2.24, 2.45) is 35.5 Å². The van der Waals surface area contributed by atoms with Gasteiger partial charge in [0.25, 0.3) is 0 Å². The van der Waals surface area contributed by atoms with Crippen LogP contribution in [-0.2, 0) is 47.5 Å². The minimum Gasteiger partial charge on any atom is -0.462 e. The van der Waals surface area contributed by atoms with Gasteiger partial charge < -0.3 is 58.3 Å². The number of ether oxygens (including phenoxy) is 8. The van der Waals surface area contributed by atoms with Crippen LogP contribution in [0, 0.1) is 35.5 Å². The molecule has 2 spiro atoms. The first-order valence-electron chi connectivity index (χ1n) is 29.1. The molecule has 4 N–H and O–H groups in total. The lowest BCUT2D eigenvalue weighted by atomic mass is 9.71. The molecule has 0 aromatic rings. The molecule has 8 aliphatic heterocycles. The molecule has 0 aromatic heterocycles. The van der Waals surface area contributed by atoms with Crippen molar-refractivity contribution in [2.75, 3.05) is 13.2 Å². The summed E-state index contributed by atoms with van der Waals surface area (Å²) in [6.07, 6.45) is 24.5. The lowest BCUT2D eigenvalue weighted by molar-refractivity contribution is -0.335. The molecule has 77 heavy (non-hydrogen) atoms. The summed E-state index contributed by atoms with van der Waals surface area (Å²) >= 11 is 0. The lowest BCUT2D eigenvalue weighted by Crippen LogP contribution is -2.58. The maximum atomic E-state index is 13.9. The largest absolute Gasteiger partial charge is 0.462 e.